The van der Waals surface area contributed by atoms with Gasteiger partial charge in [0.2, 0.25) is 5.91 Å². The molecule has 0 aliphatic heterocycles. The first-order chi connectivity index (χ1) is 13.0. The molecule has 0 atom stereocenters. The van der Waals surface area contributed by atoms with Gasteiger partial charge in [0.15, 0.2) is 5.13 Å². The average Bonchev–Trinajstić information content (AvgIpc) is 3.32. The maximum absolute atomic E-state index is 14.0. The number of benzene rings is 1. The van der Waals surface area contributed by atoms with Crippen LogP contribution in [0.15, 0.2) is 47.3 Å². The third-order valence-corrected chi connectivity index (χ3v) is 4.93. The van der Waals surface area contributed by atoms with Gasteiger partial charge >= 0.3 is 5.97 Å². The van der Waals surface area contributed by atoms with E-state index < -0.39 is 11.8 Å². The lowest BCUT2D eigenvalue weighted by molar-refractivity contribution is -0.139. The van der Waals surface area contributed by atoms with E-state index in [1.165, 1.54) is 41.4 Å². The molecule has 0 spiro atoms. The van der Waals surface area contributed by atoms with E-state index in [4.69, 9.17) is 4.74 Å². The predicted octanol–water partition coefficient (Wildman–Crippen LogP) is 4.18. The van der Waals surface area contributed by atoms with E-state index in [9.17, 15) is 14.0 Å². The van der Waals surface area contributed by atoms with Crippen molar-refractivity contribution in [3.05, 3.63) is 63.8 Å². The molecular weight excluding hydrogens is 389 g/mol. The monoisotopic (exact) mass is 403 g/mol. The first kappa shape index (κ1) is 18.9. The van der Waals surface area contributed by atoms with Gasteiger partial charge in [-0.15, -0.1) is 22.7 Å². The van der Waals surface area contributed by atoms with Crippen LogP contribution in [0.5, 0.6) is 0 Å². The molecule has 0 N–H and O–H groups in total. The Morgan fingerprint density at radius 2 is 2.11 bits per heavy atom. The number of carbonyl (C=O) groups is 2. The first-order valence-corrected chi connectivity index (χ1v) is 9.54. The van der Waals surface area contributed by atoms with Crippen molar-refractivity contribution in [3.8, 4) is 0 Å². The van der Waals surface area contributed by atoms with Gasteiger partial charge in [0, 0.05) is 30.0 Å². The highest BCUT2D eigenvalue weighted by molar-refractivity contribution is 7.14. The first-order valence-electron chi connectivity index (χ1n) is 7.78. The summed E-state index contributed by atoms with van der Waals surface area (Å²) in [5.41, 5.74) is 0.586. The zero-order valence-corrected chi connectivity index (χ0v) is 15.8. The zero-order valence-electron chi connectivity index (χ0n) is 14.2. The molecular formula is C18H14FN3O3S2. The molecule has 0 aliphatic carbocycles. The SMILES string of the molecule is CC(=O)N(c1nc(COC(=O)C=Cc2nccs2)cs1)c1ccccc1F. The van der Waals surface area contributed by atoms with E-state index in [-0.39, 0.29) is 18.2 Å². The number of thiazole rings is 2. The van der Waals surface area contributed by atoms with Crippen LogP contribution >= 0.6 is 22.7 Å². The topological polar surface area (TPSA) is 72.4 Å². The van der Waals surface area contributed by atoms with Crippen LogP contribution in [-0.4, -0.2) is 21.8 Å². The number of carbonyl (C=O) groups excluding carboxylic acids is 2. The maximum atomic E-state index is 14.0. The lowest BCUT2D eigenvalue weighted by Gasteiger charge is -2.18. The minimum absolute atomic E-state index is 0.0550. The van der Waals surface area contributed by atoms with Gasteiger partial charge in [-0.2, -0.15) is 0 Å². The van der Waals surface area contributed by atoms with Gasteiger partial charge in [0.1, 0.15) is 17.4 Å². The van der Waals surface area contributed by atoms with E-state index in [1.54, 1.807) is 35.2 Å². The Labute approximate surface area is 162 Å². The number of esters is 1. The van der Waals surface area contributed by atoms with Crippen LogP contribution in [0.25, 0.3) is 6.08 Å². The van der Waals surface area contributed by atoms with Crippen molar-refractivity contribution in [2.75, 3.05) is 4.90 Å². The largest absolute Gasteiger partial charge is 0.456 e. The molecule has 6 nitrogen and oxygen atoms in total. The Kier molecular flexibility index (Phi) is 6.05. The number of anilines is 2. The summed E-state index contributed by atoms with van der Waals surface area (Å²) in [4.78, 5) is 33.2. The van der Waals surface area contributed by atoms with Crippen molar-refractivity contribution in [1.29, 1.82) is 0 Å². The molecule has 3 rings (SSSR count). The van der Waals surface area contributed by atoms with Crippen LogP contribution in [0.1, 0.15) is 17.6 Å². The predicted molar refractivity (Wildman–Crippen MR) is 102 cm³/mol. The molecule has 0 radical (unpaired) electrons. The summed E-state index contributed by atoms with van der Waals surface area (Å²) in [5, 5.41) is 4.46. The summed E-state index contributed by atoms with van der Waals surface area (Å²) in [6.45, 7) is 1.28. The third kappa shape index (κ3) is 4.83. The molecule has 3 aromatic rings. The summed E-state index contributed by atoms with van der Waals surface area (Å²) in [6, 6.07) is 5.96. The molecule has 0 saturated heterocycles. The molecule has 0 aliphatic rings. The highest BCUT2D eigenvalue weighted by Crippen LogP contribution is 2.30. The second kappa shape index (κ2) is 8.65. The Balaban J connectivity index is 1.67. The molecule has 138 valence electrons. The molecule has 0 saturated carbocycles. The van der Waals surface area contributed by atoms with Gasteiger partial charge in [-0.1, -0.05) is 12.1 Å². The molecule has 1 aromatic carbocycles. The van der Waals surface area contributed by atoms with Gasteiger partial charge in [0.05, 0.1) is 11.4 Å². The summed E-state index contributed by atoms with van der Waals surface area (Å²) >= 11 is 2.57. The number of para-hydroxylation sites is 1. The van der Waals surface area contributed by atoms with E-state index in [2.05, 4.69) is 9.97 Å². The number of nitrogens with zero attached hydrogens (tertiary/aromatic N) is 3. The fraction of sp³-hybridized carbons (Fsp3) is 0.111. The molecule has 1 amide bonds. The van der Waals surface area contributed by atoms with Crippen LogP contribution in [-0.2, 0) is 20.9 Å². The summed E-state index contributed by atoms with van der Waals surface area (Å²) < 4.78 is 19.2. The highest BCUT2D eigenvalue weighted by Gasteiger charge is 2.21. The molecule has 0 fully saturated rings. The van der Waals surface area contributed by atoms with Gasteiger partial charge in [-0.3, -0.25) is 9.69 Å². The van der Waals surface area contributed by atoms with Crippen molar-refractivity contribution in [2.45, 2.75) is 13.5 Å². The van der Waals surface area contributed by atoms with Crippen LogP contribution < -0.4 is 4.90 Å². The van der Waals surface area contributed by atoms with Gasteiger partial charge in [-0.25, -0.2) is 19.2 Å². The fourth-order valence-corrected chi connectivity index (χ4v) is 3.55. The van der Waals surface area contributed by atoms with Crippen molar-refractivity contribution in [3.63, 3.8) is 0 Å². The van der Waals surface area contributed by atoms with Gasteiger partial charge in [0.25, 0.3) is 0 Å². The van der Waals surface area contributed by atoms with Crippen molar-refractivity contribution in [1.82, 2.24) is 9.97 Å². The molecule has 2 aromatic heterocycles. The molecule has 0 unspecified atom stereocenters. The van der Waals surface area contributed by atoms with Gasteiger partial charge in [-0.05, 0) is 18.2 Å². The number of hydrogen-bond donors (Lipinski definition) is 0. The van der Waals surface area contributed by atoms with Crippen LogP contribution in [0.3, 0.4) is 0 Å². The molecule has 0 bridgehead atoms. The summed E-state index contributed by atoms with van der Waals surface area (Å²) in [6.07, 6.45) is 4.49. The van der Waals surface area contributed by atoms with Crippen molar-refractivity contribution in [2.24, 2.45) is 0 Å². The van der Waals surface area contributed by atoms with E-state index in [0.717, 1.165) is 11.3 Å². The number of rotatable bonds is 6. The van der Waals surface area contributed by atoms with Crippen molar-refractivity contribution < 1.29 is 18.7 Å². The number of amides is 1. The lowest BCUT2D eigenvalue weighted by atomic mass is 10.3. The second-order valence-electron chi connectivity index (χ2n) is 5.24. The van der Waals surface area contributed by atoms with E-state index >= 15 is 0 Å². The fourth-order valence-electron chi connectivity index (χ4n) is 2.15. The zero-order chi connectivity index (χ0) is 19.2. The van der Waals surface area contributed by atoms with Gasteiger partial charge < -0.3 is 4.74 Å². The number of halogens is 1. The maximum Gasteiger partial charge on any atom is 0.331 e. The average molecular weight is 403 g/mol. The Morgan fingerprint density at radius 3 is 2.81 bits per heavy atom. The third-order valence-electron chi connectivity index (χ3n) is 3.31. The summed E-state index contributed by atoms with van der Waals surface area (Å²) in [7, 11) is 0. The molecule has 27 heavy (non-hydrogen) atoms. The number of aromatic nitrogens is 2. The Morgan fingerprint density at radius 1 is 1.30 bits per heavy atom. The van der Waals surface area contributed by atoms with Crippen LogP contribution in [0.4, 0.5) is 15.2 Å². The smallest absolute Gasteiger partial charge is 0.331 e. The molecule has 9 heteroatoms. The Hall–Kier alpha value is -2.91. The number of hydrogen-bond acceptors (Lipinski definition) is 7. The minimum Gasteiger partial charge on any atom is -0.456 e. The van der Waals surface area contributed by atoms with E-state index in [1.807, 2.05) is 0 Å². The van der Waals surface area contributed by atoms with Crippen LogP contribution in [0.2, 0.25) is 0 Å². The quantitative estimate of drug-likeness (QED) is 0.456. The Bertz CT molecular complexity index is 970. The lowest BCUT2D eigenvalue weighted by Crippen LogP contribution is -2.23. The molecule has 2 heterocycles. The standard InChI is InChI=1S/C18H14FN3O3S2/c1-12(23)22(15-5-3-2-4-14(15)19)18-21-13(11-27-18)10-25-17(24)7-6-16-20-8-9-26-16/h2-9,11H,10H2,1H3. The van der Waals surface area contributed by atoms with Crippen LogP contribution in [0, 0.1) is 5.82 Å². The minimum atomic E-state index is -0.530. The summed E-state index contributed by atoms with van der Waals surface area (Å²) in [5.74, 6) is -1.43. The highest BCUT2D eigenvalue weighted by atomic mass is 32.1. The van der Waals surface area contributed by atoms with Crippen molar-refractivity contribution >= 4 is 51.4 Å². The normalized spacial score (nSPS) is 10.9. The second-order valence-corrected chi connectivity index (χ2v) is 7.00. The number of ether oxygens (including phenoxy) is 1. The van der Waals surface area contributed by atoms with E-state index in [0.29, 0.717) is 15.8 Å².